The fraction of sp³-hybridized carbons (Fsp3) is 0.571. The van der Waals surface area contributed by atoms with E-state index in [1.807, 2.05) is 0 Å². The molecule has 1 aromatic rings. The molecule has 0 radical (unpaired) electrons. The third-order valence-electron chi connectivity index (χ3n) is 3.55. The lowest BCUT2D eigenvalue weighted by Crippen LogP contribution is -2.31. The molecule has 1 N–H and O–H groups in total. The zero-order valence-electron chi connectivity index (χ0n) is 10.3. The van der Waals surface area contributed by atoms with Crippen molar-refractivity contribution in [2.75, 3.05) is 6.54 Å². The topological polar surface area (TPSA) is 12.0 Å². The first-order valence-electron chi connectivity index (χ1n) is 6.45. The van der Waals surface area contributed by atoms with Gasteiger partial charge < -0.3 is 5.32 Å². The summed E-state index contributed by atoms with van der Waals surface area (Å²) in [4.78, 5) is 0. The van der Waals surface area contributed by atoms with Crippen LogP contribution >= 0.6 is 23.2 Å². The monoisotopic (exact) mass is 289 g/mol. The Hall–Kier alpha value is -0.310. The van der Waals surface area contributed by atoms with Gasteiger partial charge >= 0.3 is 0 Å². The van der Waals surface area contributed by atoms with Crippen LogP contribution in [0.3, 0.4) is 0 Å². The first-order chi connectivity index (χ1) is 8.66. The second-order valence-electron chi connectivity index (χ2n) is 4.93. The van der Waals surface area contributed by atoms with Crippen LogP contribution in [0, 0.1) is 11.7 Å². The molecule has 2 atom stereocenters. The molecule has 1 nitrogen and oxygen atoms in total. The fourth-order valence-corrected chi connectivity index (χ4v) is 3.03. The van der Waals surface area contributed by atoms with Crippen molar-refractivity contribution in [2.24, 2.45) is 5.92 Å². The smallest absolute Gasteiger partial charge is 0.127 e. The first-order valence-corrected chi connectivity index (χ1v) is 7.27. The SMILES string of the molecule is Fc1ccc(Cl)cc1CNCC1CCCCC1Cl. The van der Waals surface area contributed by atoms with Gasteiger partial charge in [-0.25, -0.2) is 4.39 Å². The number of hydrogen-bond acceptors (Lipinski definition) is 1. The minimum absolute atomic E-state index is 0.210. The Labute approximate surface area is 118 Å². The molecule has 0 aromatic heterocycles. The highest BCUT2D eigenvalue weighted by molar-refractivity contribution is 6.30. The number of alkyl halides is 1. The summed E-state index contributed by atoms with van der Waals surface area (Å²) >= 11 is 12.1. The fourth-order valence-electron chi connectivity index (χ4n) is 2.46. The molecule has 1 aromatic carbocycles. The minimum Gasteiger partial charge on any atom is -0.312 e. The summed E-state index contributed by atoms with van der Waals surface area (Å²) in [5, 5.41) is 4.12. The van der Waals surface area contributed by atoms with E-state index in [2.05, 4.69) is 5.32 Å². The highest BCUT2D eigenvalue weighted by Crippen LogP contribution is 2.28. The normalized spacial score (nSPS) is 24.2. The standard InChI is InChI=1S/C14H18Cl2FN/c15-12-5-6-14(17)11(7-12)9-18-8-10-3-1-2-4-13(10)16/h5-7,10,13,18H,1-4,8-9H2. The van der Waals surface area contributed by atoms with Crippen molar-refractivity contribution in [3.8, 4) is 0 Å². The molecule has 0 aliphatic heterocycles. The average molecular weight is 290 g/mol. The van der Waals surface area contributed by atoms with Crippen molar-refractivity contribution < 1.29 is 4.39 Å². The third kappa shape index (κ3) is 3.84. The molecule has 0 amide bonds. The van der Waals surface area contributed by atoms with E-state index in [1.54, 1.807) is 12.1 Å². The third-order valence-corrected chi connectivity index (χ3v) is 4.36. The molecule has 4 heteroatoms. The van der Waals surface area contributed by atoms with Crippen molar-refractivity contribution in [1.82, 2.24) is 5.32 Å². The van der Waals surface area contributed by atoms with Crippen LogP contribution in [0.15, 0.2) is 18.2 Å². The first kappa shape index (κ1) is 14.1. The molecule has 0 bridgehead atoms. The van der Waals surface area contributed by atoms with Gasteiger partial charge in [-0.15, -0.1) is 11.6 Å². The summed E-state index contributed by atoms with van der Waals surface area (Å²) in [7, 11) is 0. The van der Waals surface area contributed by atoms with E-state index in [4.69, 9.17) is 23.2 Å². The minimum atomic E-state index is -0.210. The van der Waals surface area contributed by atoms with Crippen LogP contribution in [0.25, 0.3) is 0 Å². The molecular formula is C14H18Cl2FN. The van der Waals surface area contributed by atoms with Crippen LogP contribution < -0.4 is 5.32 Å². The summed E-state index contributed by atoms with van der Waals surface area (Å²) in [6, 6.07) is 4.64. The maximum absolute atomic E-state index is 13.5. The predicted molar refractivity (Wildman–Crippen MR) is 74.7 cm³/mol. The Balaban J connectivity index is 1.82. The molecule has 100 valence electrons. The van der Waals surface area contributed by atoms with E-state index in [0.717, 1.165) is 13.0 Å². The van der Waals surface area contributed by atoms with Gasteiger partial charge in [0, 0.05) is 22.5 Å². The van der Waals surface area contributed by atoms with Gasteiger partial charge in [-0.1, -0.05) is 24.4 Å². The summed E-state index contributed by atoms with van der Waals surface area (Å²) in [6.45, 7) is 1.35. The zero-order chi connectivity index (χ0) is 13.0. The van der Waals surface area contributed by atoms with Crippen LogP contribution in [-0.4, -0.2) is 11.9 Å². The maximum atomic E-state index is 13.5. The number of nitrogens with one attached hydrogen (secondary N) is 1. The molecule has 0 heterocycles. The highest BCUT2D eigenvalue weighted by atomic mass is 35.5. The molecule has 1 aliphatic carbocycles. The van der Waals surface area contributed by atoms with Crippen LogP contribution in [-0.2, 0) is 6.54 Å². The second-order valence-corrected chi connectivity index (χ2v) is 5.92. The Bertz CT molecular complexity index is 397. The summed E-state index contributed by atoms with van der Waals surface area (Å²) in [6.07, 6.45) is 4.74. The molecule has 0 saturated heterocycles. The van der Waals surface area contributed by atoms with Crippen molar-refractivity contribution in [2.45, 2.75) is 37.6 Å². The van der Waals surface area contributed by atoms with E-state index in [-0.39, 0.29) is 11.2 Å². The summed E-state index contributed by atoms with van der Waals surface area (Å²) in [5.41, 5.74) is 0.615. The molecule has 1 aliphatic rings. The molecule has 0 spiro atoms. The van der Waals surface area contributed by atoms with E-state index in [9.17, 15) is 4.39 Å². The maximum Gasteiger partial charge on any atom is 0.127 e. The largest absolute Gasteiger partial charge is 0.312 e. The van der Waals surface area contributed by atoms with Gasteiger partial charge in [-0.3, -0.25) is 0 Å². The van der Waals surface area contributed by atoms with E-state index in [1.165, 1.54) is 25.3 Å². The Morgan fingerprint density at radius 2 is 2.06 bits per heavy atom. The lowest BCUT2D eigenvalue weighted by atomic mass is 9.89. The number of benzene rings is 1. The molecule has 2 unspecified atom stereocenters. The predicted octanol–water partition coefficient (Wildman–Crippen LogP) is 4.37. The van der Waals surface area contributed by atoms with Gasteiger partial charge in [0.05, 0.1) is 0 Å². The van der Waals surface area contributed by atoms with E-state index in [0.29, 0.717) is 23.0 Å². The van der Waals surface area contributed by atoms with Crippen LogP contribution in [0.4, 0.5) is 4.39 Å². The van der Waals surface area contributed by atoms with Crippen molar-refractivity contribution in [3.63, 3.8) is 0 Å². The lowest BCUT2D eigenvalue weighted by Gasteiger charge is -2.27. The van der Waals surface area contributed by atoms with Gasteiger partial charge in [0.1, 0.15) is 5.82 Å². The van der Waals surface area contributed by atoms with Crippen LogP contribution in [0.5, 0.6) is 0 Å². The zero-order valence-corrected chi connectivity index (χ0v) is 11.8. The van der Waals surface area contributed by atoms with E-state index < -0.39 is 0 Å². The Kier molecular flexibility index (Phi) is 5.28. The van der Waals surface area contributed by atoms with Crippen LogP contribution in [0.2, 0.25) is 5.02 Å². The Morgan fingerprint density at radius 1 is 1.28 bits per heavy atom. The van der Waals surface area contributed by atoms with Crippen molar-refractivity contribution in [3.05, 3.63) is 34.6 Å². The second kappa shape index (κ2) is 6.74. The summed E-state index contributed by atoms with van der Waals surface area (Å²) in [5.74, 6) is 0.292. The molecule has 18 heavy (non-hydrogen) atoms. The lowest BCUT2D eigenvalue weighted by molar-refractivity contribution is 0.347. The van der Waals surface area contributed by atoms with Crippen molar-refractivity contribution in [1.29, 1.82) is 0 Å². The average Bonchev–Trinajstić information content (AvgIpc) is 2.36. The Morgan fingerprint density at radius 3 is 2.83 bits per heavy atom. The van der Waals surface area contributed by atoms with Crippen molar-refractivity contribution >= 4 is 23.2 Å². The quantitative estimate of drug-likeness (QED) is 0.812. The number of hydrogen-bond donors (Lipinski definition) is 1. The summed E-state index contributed by atoms with van der Waals surface area (Å²) < 4.78 is 13.5. The molecule has 1 saturated carbocycles. The number of rotatable bonds is 4. The van der Waals surface area contributed by atoms with Gasteiger partial charge in [-0.2, -0.15) is 0 Å². The van der Waals surface area contributed by atoms with Gasteiger partial charge in [0.2, 0.25) is 0 Å². The van der Waals surface area contributed by atoms with E-state index >= 15 is 0 Å². The number of halogens is 3. The van der Waals surface area contributed by atoms with Gasteiger partial charge in [0.25, 0.3) is 0 Å². The van der Waals surface area contributed by atoms with Gasteiger partial charge in [-0.05, 0) is 43.5 Å². The molecule has 1 fully saturated rings. The van der Waals surface area contributed by atoms with Crippen LogP contribution in [0.1, 0.15) is 31.2 Å². The highest BCUT2D eigenvalue weighted by Gasteiger charge is 2.22. The molecule has 2 rings (SSSR count). The van der Waals surface area contributed by atoms with Gasteiger partial charge in [0.15, 0.2) is 0 Å². The molecular weight excluding hydrogens is 272 g/mol.